The number of hydrogen-bond donors (Lipinski definition) is 3. The second-order valence-corrected chi connectivity index (χ2v) is 19.8. The van der Waals surface area contributed by atoms with Gasteiger partial charge in [-0.3, -0.25) is 4.79 Å². The third kappa shape index (κ3) is 6.07. The number of unbranched alkanes of at least 4 members (excludes halogenated alkanes) is 2. The summed E-state index contributed by atoms with van der Waals surface area (Å²) in [6.07, 6.45) is 13.6. The molecule has 12 atom stereocenters. The molecule has 1 unspecified atom stereocenters. The van der Waals surface area contributed by atoms with Crippen molar-refractivity contribution in [1.29, 1.82) is 0 Å². The molecule has 0 aromatic carbocycles. The lowest BCUT2D eigenvalue weighted by atomic mass is 9.34. The number of fused-ring (bicyclic) bond motifs is 3. The van der Waals surface area contributed by atoms with Gasteiger partial charge in [0.05, 0.1) is 31.8 Å². The zero-order valence-electron chi connectivity index (χ0n) is 34.3. The molecular weight excluding hydrogens is 653 g/mol. The van der Waals surface area contributed by atoms with E-state index in [1.807, 2.05) is 0 Å². The van der Waals surface area contributed by atoms with Crippen molar-refractivity contribution in [3.63, 3.8) is 0 Å². The van der Waals surface area contributed by atoms with Crippen molar-refractivity contribution < 1.29 is 19.4 Å². The van der Waals surface area contributed by atoms with Gasteiger partial charge in [0.25, 0.3) is 5.95 Å². The molecule has 0 radical (unpaired) electrons. The summed E-state index contributed by atoms with van der Waals surface area (Å²) in [5, 5.41) is 28.4. The standard InChI is InChI=1S/C42H72N6O4/c1-11-13-14-18-38(7,44-22-12-2)25-52-34-31(48-46-36(43)45-47-48)23-37(6)24-51-26-42(34)30-17-19-41(10)33(35(49)50)39(8,28(5)27(3)4)20-21-40(41,9)29(30)15-16-32(37)42/h17,27-29,31-34,44H,11-16,18-26H2,1-10H3,(H2,43,46)(H,49,50)/t28-,29+,31-,32-,33-,34+,37-,38?,39-,40-,41+,42+/m1/s1. The molecule has 2 heterocycles. The molecule has 52 heavy (non-hydrogen) atoms. The molecule has 10 heteroatoms. The number of nitrogens with zero attached hydrogens (tertiary/aromatic N) is 4. The molecule has 2 bridgehead atoms. The highest BCUT2D eigenvalue weighted by Gasteiger charge is 2.73. The van der Waals surface area contributed by atoms with Gasteiger partial charge in [-0.05, 0) is 115 Å². The second-order valence-electron chi connectivity index (χ2n) is 19.8. The van der Waals surface area contributed by atoms with E-state index < -0.39 is 17.3 Å². The summed E-state index contributed by atoms with van der Waals surface area (Å²) in [6, 6.07) is -0.157. The SMILES string of the molecule is CCCCCC(C)(CO[C@H]1[C@H](n2nnc(N)n2)C[C@]2(C)COC[C@@]13C1=CC[C@@]4(C)[C@H](C(=O)O)[C@@](C)([C@H](C)C(C)C)CC[C@]4(C)[C@H]1CC[C@H]23)NCCC. The summed E-state index contributed by atoms with van der Waals surface area (Å²) < 4.78 is 14.3. The van der Waals surface area contributed by atoms with E-state index in [4.69, 9.17) is 15.2 Å². The van der Waals surface area contributed by atoms with Crippen molar-refractivity contribution in [2.75, 3.05) is 32.1 Å². The maximum absolute atomic E-state index is 13.6. The first kappa shape index (κ1) is 39.6. The molecule has 0 amide bonds. The van der Waals surface area contributed by atoms with Gasteiger partial charge in [0.1, 0.15) is 6.04 Å². The monoisotopic (exact) mass is 725 g/mol. The average Bonchev–Trinajstić information content (AvgIpc) is 3.52. The zero-order chi connectivity index (χ0) is 37.9. The molecule has 1 aromatic rings. The lowest BCUT2D eigenvalue weighted by Crippen LogP contribution is -2.70. The number of nitrogen functional groups attached to an aromatic ring is 1. The van der Waals surface area contributed by atoms with Gasteiger partial charge in [0.2, 0.25) is 0 Å². The van der Waals surface area contributed by atoms with Crippen LogP contribution in [0.5, 0.6) is 0 Å². The van der Waals surface area contributed by atoms with Gasteiger partial charge in [-0.1, -0.05) is 98.3 Å². The summed E-state index contributed by atoms with van der Waals surface area (Å²) in [4.78, 5) is 15.4. The largest absolute Gasteiger partial charge is 0.481 e. The van der Waals surface area contributed by atoms with Gasteiger partial charge in [-0.25, -0.2) is 0 Å². The van der Waals surface area contributed by atoms with Gasteiger partial charge in [-0.2, -0.15) is 4.80 Å². The first-order chi connectivity index (χ1) is 24.5. The van der Waals surface area contributed by atoms with Crippen molar-refractivity contribution >= 4 is 11.9 Å². The molecule has 4 fully saturated rings. The normalized spacial score (nSPS) is 41.7. The number of carbonyl (C=O) groups is 1. The lowest BCUT2D eigenvalue weighted by molar-refractivity contribution is -0.255. The number of carboxylic acid groups (broad SMARTS) is 1. The Morgan fingerprint density at radius 3 is 2.50 bits per heavy atom. The summed E-state index contributed by atoms with van der Waals surface area (Å²) in [6.45, 7) is 25.9. The van der Waals surface area contributed by atoms with Crippen LogP contribution in [0.2, 0.25) is 0 Å². The van der Waals surface area contributed by atoms with E-state index in [1.54, 1.807) is 4.80 Å². The predicted octanol–water partition coefficient (Wildman–Crippen LogP) is 8.11. The van der Waals surface area contributed by atoms with E-state index in [0.29, 0.717) is 37.6 Å². The highest BCUT2D eigenvalue weighted by atomic mass is 16.5. The molecule has 4 aliphatic carbocycles. The molecule has 3 saturated carbocycles. The Labute approximate surface area is 314 Å². The minimum absolute atomic E-state index is 0.106. The van der Waals surface area contributed by atoms with Crippen molar-refractivity contribution in [2.24, 2.45) is 56.7 Å². The van der Waals surface area contributed by atoms with Crippen LogP contribution < -0.4 is 11.1 Å². The fraction of sp³-hybridized carbons (Fsp3) is 0.905. The number of hydrogen-bond acceptors (Lipinski definition) is 8. The Morgan fingerprint density at radius 1 is 1.12 bits per heavy atom. The smallest absolute Gasteiger partial charge is 0.307 e. The molecule has 4 N–H and O–H groups in total. The molecule has 1 saturated heterocycles. The van der Waals surface area contributed by atoms with Crippen LogP contribution in [0.4, 0.5) is 5.95 Å². The molecule has 5 aliphatic rings. The van der Waals surface area contributed by atoms with Gasteiger partial charge < -0.3 is 25.6 Å². The van der Waals surface area contributed by atoms with E-state index >= 15 is 0 Å². The van der Waals surface area contributed by atoms with Gasteiger partial charge in [-0.15, -0.1) is 5.10 Å². The van der Waals surface area contributed by atoms with Crippen LogP contribution in [0.25, 0.3) is 0 Å². The van der Waals surface area contributed by atoms with Crippen LogP contribution in [0.3, 0.4) is 0 Å². The Balaban J connectivity index is 1.48. The number of aliphatic carboxylic acids is 1. The Bertz CT molecular complexity index is 1480. The third-order valence-electron chi connectivity index (χ3n) is 16.5. The average molecular weight is 725 g/mol. The Hall–Kier alpha value is -2.04. The second kappa shape index (κ2) is 14.2. The van der Waals surface area contributed by atoms with Crippen LogP contribution in [0, 0.1) is 56.7 Å². The van der Waals surface area contributed by atoms with E-state index in [2.05, 4.69) is 96.0 Å². The summed E-state index contributed by atoms with van der Waals surface area (Å²) in [7, 11) is 0. The van der Waals surface area contributed by atoms with Crippen molar-refractivity contribution in [1.82, 2.24) is 25.5 Å². The molecule has 294 valence electrons. The molecule has 10 nitrogen and oxygen atoms in total. The van der Waals surface area contributed by atoms with Crippen molar-refractivity contribution in [3.8, 4) is 0 Å². The molecule has 6 rings (SSSR count). The fourth-order valence-corrected chi connectivity index (χ4v) is 13.1. The molecular formula is C42H72N6O4. The van der Waals surface area contributed by atoms with Gasteiger partial charge in [0.15, 0.2) is 0 Å². The van der Waals surface area contributed by atoms with E-state index in [1.165, 1.54) is 18.4 Å². The van der Waals surface area contributed by atoms with Crippen molar-refractivity contribution in [3.05, 3.63) is 11.6 Å². The molecule has 1 aliphatic heterocycles. The van der Waals surface area contributed by atoms with Crippen LogP contribution in [-0.2, 0) is 14.3 Å². The third-order valence-corrected chi connectivity index (χ3v) is 16.5. The number of aromatic nitrogens is 4. The summed E-state index contributed by atoms with van der Waals surface area (Å²) in [5.41, 5.74) is 6.06. The molecule has 1 aromatic heterocycles. The van der Waals surface area contributed by atoms with E-state index in [0.717, 1.165) is 64.3 Å². The van der Waals surface area contributed by atoms with Gasteiger partial charge in [0, 0.05) is 11.0 Å². The highest BCUT2D eigenvalue weighted by Crippen LogP contribution is 2.75. The summed E-state index contributed by atoms with van der Waals surface area (Å²) in [5.74, 6) is 0.441. The number of ether oxygens (including phenoxy) is 2. The molecule has 0 spiro atoms. The lowest BCUT2D eigenvalue weighted by Gasteiger charge is -2.71. The zero-order valence-corrected chi connectivity index (χ0v) is 34.3. The minimum atomic E-state index is -0.628. The number of carboxylic acids is 1. The van der Waals surface area contributed by atoms with Crippen molar-refractivity contribution in [2.45, 2.75) is 158 Å². The number of tetrazole rings is 1. The quantitative estimate of drug-likeness (QED) is 0.128. The number of nitrogens with one attached hydrogen (secondary N) is 1. The van der Waals surface area contributed by atoms with E-state index in [9.17, 15) is 9.90 Å². The van der Waals surface area contributed by atoms with Crippen LogP contribution >= 0.6 is 0 Å². The highest BCUT2D eigenvalue weighted by molar-refractivity contribution is 5.73. The topological polar surface area (TPSA) is 137 Å². The van der Waals surface area contributed by atoms with Crippen LogP contribution in [-0.4, -0.2) is 69.3 Å². The predicted molar refractivity (Wildman–Crippen MR) is 205 cm³/mol. The Morgan fingerprint density at radius 2 is 1.87 bits per heavy atom. The van der Waals surface area contributed by atoms with Crippen LogP contribution in [0.15, 0.2) is 11.6 Å². The number of allylic oxidation sites excluding steroid dienone is 1. The first-order valence-corrected chi connectivity index (χ1v) is 20.9. The fourth-order valence-electron chi connectivity index (χ4n) is 13.1. The van der Waals surface area contributed by atoms with Gasteiger partial charge >= 0.3 is 5.97 Å². The van der Waals surface area contributed by atoms with E-state index in [-0.39, 0.29) is 51.2 Å². The maximum atomic E-state index is 13.6. The number of anilines is 1. The Kier molecular flexibility index (Phi) is 10.8. The first-order valence-electron chi connectivity index (χ1n) is 20.9. The maximum Gasteiger partial charge on any atom is 0.307 e. The minimum Gasteiger partial charge on any atom is -0.481 e. The summed E-state index contributed by atoms with van der Waals surface area (Å²) >= 11 is 0. The van der Waals surface area contributed by atoms with Crippen LogP contribution in [0.1, 0.15) is 146 Å². The number of rotatable bonds is 14. The number of nitrogens with two attached hydrogens (primary N) is 1.